The molecule has 0 unspecified atom stereocenters. The van der Waals surface area contributed by atoms with Gasteiger partial charge in [-0.3, -0.25) is 14.4 Å². The first kappa shape index (κ1) is 23.1. The fraction of sp³-hybridized carbons (Fsp3) is 0.458. The molecule has 0 spiro atoms. The number of ketones is 1. The lowest BCUT2D eigenvalue weighted by atomic mass is 9.59. The molecule has 1 aliphatic heterocycles. The minimum Gasteiger partial charge on any atom is -0.491 e. The molecular weight excluding hydrogens is 434 g/mol. The normalized spacial score (nSPS) is 24.1. The Morgan fingerprint density at radius 3 is 2.58 bits per heavy atom. The molecule has 0 bridgehead atoms. The average molecular weight is 460 g/mol. The fourth-order valence-electron chi connectivity index (χ4n) is 5.18. The number of nitrogens with one attached hydrogen (secondary N) is 1. The van der Waals surface area contributed by atoms with Gasteiger partial charge in [-0.05, 0) is 25.8 Å². The molecule has 9 heteroatoms. The Morgan fingerprint density at radius 2 is 1.91 bits per heavy atom. The highest BCUT2D eigenvalue weighted by Gasteiger charge is 2.59. The summed E-state index contributed by atoms with van der Waals surface area (Å²) in [6.45, 7) is 1.90. The topological polar surface area (TPSA) is 86.6 Å². The van der Waals surface area contributed by atoms with E-state index in [1.165, 1.54) is 19.4 Å². The SMILES string of the molecule is COc1c2n(cc(C(=O)NCc3ccc(F)cc3F)c1=O)C[C@]1(OC)CCCC[C@]1(C)C2=O. The third-order valence-electron chi connectivity index (χ3n) is 7.19. The van der Waals surface area contributed by atoms with Gasteiger partial charge in [-0.2, -0.15) is 0 Å². The molecular formula is C24H26F2N2O5. The minimum absolute atomic E-state index is 0.0706. The fourth-order valence-corrected chi connectivity index (χ4v) is 5.18. The second-order valence-electron chi connectivity index (χ2n) is 8.87. The molecule has 2 aromatic rings. The molecule has 0 radical (unpaired) electrons. The minimum atomic E-state index is -0.816. The quantitative estimate of drug-likeness (QED) is 0.741. The summed E-state index contributed by atoms with van der Waals surface area (Å²) in [6.07, 6.45) is 4.41. The van der Waals surface area contributed by atoms with Crippen LogP contribution in [0.1, 0.15) is 59.0 Å². The number of hydrogen-bond acceptors (Lipinski definition) is 5. The van der Waals surface area contributed by atoms with Crippen molar-refractivity contribution >= 4 is 11.7 Å². The number of halogens is 2. The summed E-state index contributed by atoms with van der Waals surface area (Å²) in [6, 6.07) is 3.02. The zero-order valence-corrected chi connectivity index (χ0v) is 18.8. The van der Waals surface area contributed by atoms with E-state index in [1.807, 2.05) is 6.92 Å². The molecule has 7 nitrogen and oxygen atoms in total. The highest BCUT2D eigenvalue weighted by Crippen LogP contribution is 2.52. The van der Waals surface area contributed by atoms with Crippen molar-refractivity contribution in [3.63, 3.8) is 0 Å². The maximum absolute atomic E-state index is 13.9. The van der Waals surface area contributed by atoms with E-state index >= 15 is 0 Å². The lowest BCUT2D eigenvalue weighted by molar-refractivity contribution is -0.130. The van der Waals surface area contributed by atoms with Crippen LogP contribution in [0.2, 0.25) is 0 Å². The van der Waals surface area contributed by atoms with E-state index in [1.54, 1.807) is 11.7 Å². The third kappa shape index (κ3) is 3.55. The zero-order valence-electron chi connectivity index (χ0n) is 18.8. The van der Waals surface area contributed by atoms with Gasteiger partial charge in [-0.15, -0.1) is 0 Å². The molecule has 33 heavy (non-hydrogen) atoms. The van der Waals surface area contributed by atoms with E-state index < -0.39 is 34.0 Å². The van der Waals surface area contributed by atoms with Crippen LogP contribution in [0.5, 0.6) is 5.75 Å². The largest absolute Gasteiger partial charge is 0.491 e. The monoisotopic (exact) mass is 460 g/mol. The first-order valence-electron chi connectivity index (χ1n) is 10.8. The molecule has 1 aromatic carbocycles. The van der Waals surface area contributed by atoms with Gasteiger partial charge in [-0.25, -0.2) is 8.78 Å². The number of amides is 1. The van der Waals surface area contributed by atoms with Gasteiger partial charge in [0.1, 0.15) is 22.9 Å². The molecule has 176 valence electrons. The summed E-state index contributed by atoms with van der Waals surface area (Å²) in [5, 5.41) is 2.49. The van der Waals surface area contributed by atoms with Crippen molar-refractivity contribution in [2.75, 3.05) is 14.2 Å². The van der Waals surface area contributed by atoms with Gasteiger partial charge < -0.3 is 19.4 Å². The van der Waals surface area contributed by atoms with Crippen LogP contribution in [0.4, 0.5) is 8.78 Å². The number of methoxy groups -OCH3 is 2. The van der Waals surface area contributed by atoms with Crippen molar-refractivity contribution in [3.8, 4) is 5.75 Å². The summed E-state index contributed by atoms with van der Waals surface area (Å²) in [4.78, 5) is 39.6. The number of ether oxygens (including phenoxy) is 2. The van der Waals surface area contributed by atoms with E-state index in [2.05, 4.69) is 5.32 Å². The first-order chi connectivity index (χ1) is 15.7. The Balaban J connectivity index is 1.73. The van der Waals surface area contributed by atoms with Crippen molar-refractivity contribution in [1.82, 2.24) is 9.88 Å². The van der Waals surface area contributed by atoms with Gasteiger partial charge in [0.25, 0.3) is 5.91 Å². The Kier molecular flexibility index (Phi) is 5.86. The molecule has 1 fully saturated rings. The number of benzene rings is 1. The van der Waals surface area contributed by atoms with Gasteiger partial charge in [0.2, 0.25) is 5.43 Å². The summed E-state index contributed by atoms with van der Waals surface area (Å²) in [7, 11) is 2.86. The van der Waals surface area contributed by atoms with Crippen LogP contribution in [0.25, 0.3) is 0 Å². The van der Waals surface area contributed by atoms with Crippen LogP contribution < -0.4 is 15.5 Å². The predicted molar refractivity (Wildman–Crippen MR) is 115 cm³/mol. The Morgan fingerprint density at radius 1 is 1.18 bits per heavy atom. The second kappa shape index (κ2) is 8.37. The van der Waals surface area contributed by atoms with Crippen molar-refractivity contribution in [3.05, 3.63) is 63.1 Å². The predicted octanol–water partition coefficient (Wildman–Crippen LogP) is 3.23. The molecule has 2 aliphatic rings. The molecule has 1 aromatic heterocycles. The summed E-state index contributed by atoms with van der Waals surface area (Å²) < 4.78 is 39.8. The molecule has 1 amide bonds. The van der Waals surface area contributed by atoms with Crippen molar-refractivity contribution in [2.24, 2.45) is 5.41 Å². The van der Waals surface area contributed by atoms with Gasteiger partial charge in [0.05, 0.1) is 24.7 Å². The molecule has 1 N–H and O–H groups in total. The number of carbonyl (C=O) groups excluding carboxylic acids is 2. The van der Waals surface area contributed by atoms with Crippen LogP contribution in [0.3, 0.4) is 0 Å². The van der Waals surface area contributed by atoms with Crippen LogP contribution in [0, 0.1) is 17.0 Å². The number of Topliss-reactive ketones (excluding diaryl/α,β-unsaturated/α-hetero) is 1. The highest BCUT2D eigenvalue weighted by atomic mass is 19.1. The molecule has 0 saturated heterocycles. The summed E-state index contributed by atoms with van der Waals surface area (Å²) in [5.74, 6) is -2.74. The maximum Gasteiger partial charge on any atom is 0.257 e. The van der Waals surface area contributed by atoms with Gasteiger partial charge >= 0.3 is 0 Å². The number of nitrogens with zero attached hydrogens (tertiary/aromatic N) is 1. The number of aromatic nitrogens is 1. The number of rotatable bonds is 5. The first-order valence-corrected chi connectivity index (χ1v) is 10.8. The van der Waals surface area contributed by atoms with Crippen LogP contribution in [-0.4, -0.2) is 36.1 Å². The molecule has 2 atom stereocenters. The Hall–Kier alpha value is -3.07. The standard InChI is InChI=1S/C24H26F2N2O5/c1-23-8-4-5-9-24(23,33-3)13-28-12-16(19(29)20(32-2)18(28)21(23)30)22(31)27-11-14-6-7-15(25)10-17(14)26/h6-7,10,12H,4-5,8-9,11,13H2,1-3H3,(H,27,31)/t23-,24-/m1/s1. The number of fused-ring (bicyclic) bond motifs is 2. The van der Waals surface area contributed by atoms with Gasteiger partial charge in [0.15, 0.2) is 11.5 Å². The number of pyridine rings is 1. The average Bonchev–Trinajstić information content (AvgIpc) is 2.79. The lowest BCUT2D eigenvalue weighted by Crippen LogP contribution is -2.61. The van der Waals surface area contributed by atoms with Crippen LogP contribution >= 0.6 is 0 Å². The van der Waals surface area contributed by atoms with E-state index in [0.717, 1.165) is 25.0 Å². The highest BCUT2D eigenvalue weighted by molar-refractivity contribution is 6.04. The number of hydrogen-bond donors (Lipinski definition) is 1. The second-order valence-corrected chi connectivity index (χ2v) is 8.87. The zero-order chi connectivity index (χ0) is 24.0. The summed E-state index contributed by atoms with van der Waals surface area (Å²) in [5.41, 5.74) is -2.35. The van der Waals surface area contributed by atoms with E-state index in [-0.39, 0.29) is 41.4 Å². The Labute approximate surface area is 189 Å². The number of carbonyl (C=O) groups is 2. The van der Waals surface area contributed by atoms with E-state index in [9.17, 15) is 23.2 Å². The van der Waals surface area contributed by atoms with Crippen LogP contribution in [0.15, 0.2) is 29.2 Å². The molecule has 4 rings (SSSR count). The van der Waals surface area contributed by atoms with Gasteiger partial charge in [0, 0.05) is 31.5 Å². The van der Waals surface area contributed by atoms with E-state index in [0.29, 0.717) is 12.8 Å². The lowest BCUT2D eigenvalue weighted by Gasteiger charge is -2.53. The Bertz CT molecular complexity index is 1190. The van der Waals surface area contributed by atoms with Crippen molar-refractivity contribution < 1.29 is 27.8 Å². The summed E-state index contributed by atoms with van der Waals surface area (Å²) >= 11 is 0. The molecule has 1 aliphatic carbocycles. The molecule has 2 heterocycles. The maximum atomic E-state index is 13.9. The van der Waals surface area contributed by atoms with Crippen molar-refractivity contribution in [1.29, 1.82) is 0 Å². The third-order valence-corrected chi connectivity index (χ3v) is 7.19. The van der Waals surface area contributed by atoms with Crippen LogP contribution in [-0.2, 0) is 17.8 Å². The van der Waals surface area contributed by atoms with Crippen molar-refractivity contribution in [2.45, 2.75) is 51.3 Å². The smallest absolute Gasteiger partial charge is 0.257 e. The van der Waals surface area contributed by atoms with Gasteiger partial charge in [-0.1, -0.05) is 18.9 Å². The molecule has 1 saturated carbocycles. The van der Waals surface area contributed by atoms with E-state index in [4.69, 9.17) is 9.47 Å².